The summed E-state index contributed by atoms with van der Waals surface area (Å²) >= 11 is 6.61. The van der Waals surface area contributed by atoms with Gasteiger partial charge in [0.15, 0.2) is 5.82 Å². The second kappa shape index (κ2) is 13.6. The zero-order valence-corrected chi connectivity index (χ0v) is 24.8. The van der Waals surface area contributed by atoms with Gasteiger partial charge in [0, 0.05) is 40.7 Å². The molecule has 0 radical (unpaired) electrons. The van der Waals surface area contributed by atoms with Crippen molar-refractivity contribution in [3.8, 4) is 0 Å². The third-order valence-electron chi connectivity index (χ3n) is 7.13. The normalized spacial score (nSPS) is 12.9. The van der Waals surface area contributed by atoms with E-state index < -0.39 is 17.5 Å². The average molecular weight is 567 g/mol. The van der Waals surface area contributed by atoms with E-state index in [4.69, 9.17) is 16.1 Å². The van der Waals surface area contributed by atoms with Gasteiger partial charge in [-0.1, -0.05) is 67.9 Å². The van der Waals surface area contributed by atoms with Crippen LogP contribution in [0.4, 0.5) is 11.5 Å². The SMILES string of the molecule is CCC(C)c1ccc(N(C(=O)CCC(=O)Nc2cc(C)on2)C(C(=O)NC(C)(C)CC)c2ccccc2Cl)cc1. The summed E-state index contributed by atoms with van der Waals surface area (Å²) in [5, 5.41) is 9.86. The maximum Gasteiger partial charge on any atom is 0.248 e. The van der Waals surface area contributed by atoms with Crippen LogP contribution in [-0.2, 0) is 14.4 Å². The number of nitrogens with zero attached hydrogens (tertiary/aromatic N) is 2. The zero-order valence-electron chi connectivity index (χ0n) is 24.1. The van der Waals surface area contributed by atoms with Crippen molar-refractivity contribution in [3.63, 3.8) is 0 Å². The second-order valence-corrected chi connectivity index (χ2v) is 11.1. The molecule has 2 unspecified atom stereocenters. The summed E-state index contributed by atoms with van der Waals surface area (Å²) in [5.74, 6) is 0.0400. The number of anilines is 2. The number of nitrogens with one attached hydrogen (secondary N) is 2. The van der Waals surface area contributed by atoms with Gasteiger partial charge in [-0.25, -0.2) is 0 Å². The first-order valence-electron chi connectivity index (χ1n) is 13.7. The molecule has 0 saturated heterocycles. The molecule has 0 aliphatic heterocycles. The third-order valence-corrected chi connectivity index (χ3v) is 7.48. The molecule has 2 N–H and O–H groups in total. The van der Waals surface area contributed by atoms with E-state index in [1.807, 2.05) is 45.0 Å². The van der Waals surface area contributed by atoms with Gasteiger partial charge in [-0.05, 0) is 63.3 Å². The Morgan fingerprint density at radius 1 is 1.05 bits per heavy atom. The van der Waals surface area contributed by atoms with Crippen LogP contribution < -0.4 is 15.5 Å². The maximum atomic E-state index is 13.9. The number of rotatable bonds is 12. The van der Waals surface area contributed by atoms with Gasteiger partial charge in [-0.3, -0.25) is 19.3 Å². The van der Waals surface area contributed by atoms with Crippen LogP contribution in [0.25, 0.3) is 0 Å². The fourth-order valence-electron chi connectivity index (χ4n) is 4.19. The van der Waals surface area contributed by atoms with Crippen LogP contribution in [0.5, 0.6) is 0 Å². The molecule has 0 saturated carbocycles. The lowest BCUT2D eigenvalue weighted by Crippen LogP contribution is -2.50. The topological polar surface area (TPSA) is 105 Å². The monoisotopic (exact) mass is 566 g/mol. The van der Waals surface area contributed by atoms with Gasteiger partial charge >= 0.3 is 0 Å². The van der Waals surface area contributed by atoms with Gasteiger partial charge in [-0.15, -0.1) is 0 Å². The Hall–Kier alpha value is -3.65. The number of hydrogen-bond acceptors (Lipinski definition) is 5. The molecule has 1 heterocycles. The summed E-state index contributed by atoms with van der Waals surface area (Å²) < 4.78 is 4.99. The van der Waals surface area contributed by atoms with Crippen molar-refractivity contribution in [2.45, 2.75) is 84.7 Å². The Kier molecular flexibility index (Phi) is 10.5. The molecule has 0 spiro atoms. The second-order valence-electron chi connectivity index (χ2n) is 10.7. The van der Waals surface area contributed by atoms with Crippen molar-refractivity contribution >= 4 is 40.8 Å². The first-order valence-corrected chi connectivity index (χ1v) is 14.0. The van der Waals surface area contributed by atoms with Gasteiger partial charge in [0.1, 0.15) is 11.8 Å². The molecule has 40 heavy (non-hydrogen) atoms. The summed E-state index contributed by atoms with van der Waals surface area (Å²) in [5.41, 5.74) is 1.66. The van der Waals surface area contributed by atoms with Crippen molar-refractivity contribution in [2.75, 3.05) is 10.2 Å². The van der Waals surface area contributed by atoms with Crippen LogP contribution >= 0.6 is 11.6 Å². The highest BCUT2D eigenvalue weighted by Crippen LogP contribution is 2.34. The summed E-state index contributed by atoms with van der Waals surface area (Å²) in [4.78, 5) is 41.9. The van der Waals surface area contributed by atoms with E-state index in [1.54, 1.807) is 37.3 Å². The van der Waals surface area contributed by atoms with Crippen molar-refractivity contribution in [1.82, 2.24) is 10.5 Å². The summed E-state index contributed by atoms with van der Waals surface area (Å²) in [6.07, 6.45) is 1.41. The van der Waals surface area contributed by atoms with Gasteiger partial charge in [0.2, 0.25) is 17.7 Å². The van der Waals surface area contributed by atoms with E-state index in [2.05, 4.69) is 29.6 Å². The molecule has 0 bridgehead atoms. The lowest BCUT2D eigenvalue weighted by molar-refractivity contribution is -0.128. The van der Waals surface area contributed by atoms with Crippen molar-refractivity contribution in [1.29, 1.82) is 0 Å². The molecule has 8 nitrogen and oxygen atoms in total. The number of aryl methyl sites for hydroxylation is 1. The molecule has 9 heteroatoms. The molecule has 2 atom stereocenters. The Morgan fingerprint density at radius 3 is 2.30 bits per heavy atom. The lowest BCUT2D eigenvalue weighted by Gasteiger charge is -2.35. The van der Waals surface area contributed by atoms with E-state index in [0.717, 1.165) is 12.0 Å². The Bertz CT molecular complexity index is 1320. The smallest absolute Gasteiger partial charge is 0.248 e. The minimum absolute atomic E-state index is 0.108. The number of carbonyl (C=O) groups excluding carboxylic acids is 3. The number of halogens is 1. The Balaban J connectivity index is 2.01. The van der Waals surface area contributed by atoms with Crippen molar-refractivity contribution < 1.29 is 18.9 Å². The standard InChI is InChI=1S/C31H39ClN4O4/c1-7-20(3)22-13-15-23(16-14-22)36(28(38)18-17-27(37)33-26-19-21(4)40-35-26)29(24-11-9-10-12-25(24)32)30(39)34-31(5,6)8-2/h9-16,19-20,29H,7-8,17-18H2,1-6H3,(H,34,39)(H,33,35,37). The Labute approximate surface area is 241 Å². The first-order chi connectivity index (χ1) is 19.0. The molecule has 0 aliphatic rings. The fourth-order valence-corrected chi connectivity index (χ4v) is 4.43. The van der Waals surface area contributed by atoms with E-state index >= 15 is 0 Å². The molecule has 3 rings (SSSR count). The van der Waals surface area contributed by atoms with Crippen LogP contribution in [0.1, 0.15) is 89.1 Å². The molecule has 3 amide bonds. The minimum atomic E-state index is -1.05. The van der Waals surface area contributed by atoms with Crippen LogP contribution in [0.15, 0.2) is 59.1 Å². The lowest BCUT2D eigenvalue weighted by atomic mass is 9.96. The van der Waals surface area contributed by atoms with E-state index in [0.29, 0.717) is 34.4 Å². The average Bonchev–Trinajstić information content (AvgIpc) is 3.34. The summed E-state index contributed by atoms with van der Waals surface area (Å²) in [6, 6.07) is 15.2. The van der Waals surface area contributed by atoms with Gasteiger partial charge < -0.3 is 15.2 Å². The molecular formula is C31H39ClN4O4. The molecule has 1 aromatic heterocycles. The highest BCUT2D eigenvalue weighted by atomic mass is 35.5. The van der Waals surface area contributed by atoms with Gasteiger partial charge in [-0.2, -0.15) is 0 Å². The number of aromatic nitrogens is 1. The molecule has 0 fully saturated rings. The summed E-state index contributed by atoms with van der Waals surface area (Å²) in [7, 11) is 0. The molecule has 0 aliphatic carbocycles. The van der Waals surface area contributed by atoms with Crippen LogP contribution in [0.2, 0.25) is 5.02 Å². The van der Waals surface area contributed by atoms with Gasteiger partial charge in [0.05, 0.1) is 0 Å². The van der Waals surface area contributed by atoms with Crippen LogP contribution in [0.3, 0.4) is 0 Å². The summed E-state index contributed by atoms with van der Waals surface area (Å²) in [6.45, 7) is 11.8. The fraction of sp³-hybridized carbons (Fsp3) is 0.419. The predicted octanol–water partition coefficient (Wildman–Crippen LogP) is 6.95. The third kappa shape index (κ3) is 7.94. The van der Waals surface area contributed by atoms with Crippen molar-refractivity contribution in [2.24, 2.45) is 0 Å². The molecule has 214 valence electrons. The van der Waals surface area contributed by atoms with Gasteiger partial charge in [0.25, 0.3) is 0 Å². The van der Waals surface area contributed by atoms with Crippen molar-refractivity contribution in [3.05, 3.63) is 76.5 Å². The van der Waals surface area contributed by atoms with Crippen LogP contribution in [-0.4, -0.2) is 28.4 Å². The predicted molar refractivity (Wildman–Crippen MR) is 158 cm³/mol. The number of hydrogen-bond donors (Lipinski definition) is 2. The van der Waals surface area contributed by atoms with E-state index in [1.165, 1.54) is 4.90 Å². The molecular weight excluding hydrogens is 528 g/mol. The number of carbonyl (C=O) groups is 3. The minimum Gasteiger partial charge on any atom is -0.360 e. The quantitative estimate of drug-likeness (QED) is 0.247. The van der Waals surface area contributed by atoms with Crippen LogP contribution in [0, 0.1) is 6.92 Å². The van der Waals surface area contributed by atoms with E-state index in [-0.39, 0.29) is 30.5 Å². The highest BCUT2D eigenvalue weighted by molar-refractivity contribution is 6.31. The van der Waals surface area contributed by atoms with E-state index in [9.17, 15) is 14.4 Å². The number of amides is 3. The number of benzene rings is 2. The Morgan fingerprint density at radius 2 is 1.73 bits per heavy atom. The highest BCUT2D eigenvalue weighted by Gasteiger charge is 2.36. The molecule has 3 aromatic rings. The maximum absolute atomic E-state index is 13.9. The first kappa shape index (κ1) is 30.9. The largest absolute Gasteiger partial charge is 0.360 e. The molecule has 2 aromatic carbocycles. The zero-order chi connectivity index (χ0) is 29.4.